The number of carbonyl (C=O) groups excluding carboxylic acids is 1. The molecule has 3 aromatic rings. The molecule has 4 nitrogen and oxygen atoms in total. The Morgan fingerprint density at radius 2 is 1.86 bits per heavy atom. The van der Waals surface area contributed by atoms with Crippen molar-refractivity contribution in [3.05, 3.63) is 64.7 Å². The monoisotopic (exact) mass is 396 g/mol. The van der Waals surface area contributed by atoms with E-state index in [1.54, 1.807) is 16.2 Å². The van der Waals surface area contributed by atoms with Gasteiger partial charge in [-0.25, -0.2) is 4.98 Å². The average Bonchev–Trinajstić information content (AvgIpc) is 3.10. The Morgan fingerprint density at radius 3 is 2.50 bits per heavy atom. The zero-order valence-corrected chi connectivity index (χ0v) is 18.0. The van der Waals surface area contributed by atoms with E-state index in [0.29, 0.717) is 19.0 Å². The second-order valence-corrected chi connectivity index (χ2v) is 8.75. The molecule has 0 saturated heterocycles. The first-order chi connectivity index (χ1) is 13.5. The van der Waals surface area contributed by atoms with Crippen molar-refractivity contribution < 1.29 is 10.1 Å². The Kier molecular flexibility index (Phi) is 6.81. The molecule has 1 amide bonds. The van der Waals surface area contributed by atoms with Gasteiger partial charge in [0.1, 0.15) is 11.0 Å². The Balaban J connectivity index is 1.60. The van der Waals surface area contributed by atoms with Gasteiger partial charge in [0.2, 0.25) is 0 Å². The third-order valence-electron chi connectivity index (χ3n) is 5.17. The highest BCUT2D eigenvalue weighted by molar-refractivity contribution is 7.18. The van der Waals surface area contributed by atoms with Crippen LogP contribution >= 0.6 is 11.3 Å². The predicted octanol–water partition coefficient (Wildman–Crippen LogP) is 3.78. The summed E-state index contributed by atoms with van der Waals surface area (Å²) in [5.41, 5.74) is 3.64. The quantitative estimate of drug-likeness (QED) is 0.630. The number of aryl methyl sites for hydroxylation is 1. The van der Waals surface area contributed by atoms with Gasteiger partial charge < -0.3 is 10.2 Å². The lowest BCUT2D eigenvalue weighted by molar-refractivity contribution is -0.692. The molecule has 1 heterocycles. The number of rotatable bonds is 8. The number of quaternary nitrogens is 1. The van der Waals surface area contributed by atoms with Gasteiger partial charge in [-0.3, -0.25) is 4.79 Å². The van der Waals surface area contributed by atoms with E-state index in [4.69, 9.17) is 0 Å². The Hall–Kier alpha value is -2.24. The van der Waals surface area contributed by atoms with E-state index in [1.165, 1.54) is 15.8 Å². The first-order valence-electron chi connectivity index (χ1n) is 9.98. The summed E-state index contributed by atoms with van der Waals surface area (Å²) in [6.45, 7) is 7.60. The topological polar surface area (TPSA) is 49.8 Å². The molecule has 148 valence electrons. The zero-order valence-electron chi connectivity index (χ0n) is 17.2. The van der Waals surface area contributed by atoms with Gasteiger partial charge in [-0.15, -0.1) is 11.3 Å². The largest absolute Gasteiger partial charge is 0.334 e. The summed E-state index contributed by atoms with van der Waals surface area (Å²) in [4.78, 5) is 19.1. The normalized spacial score (nSPS) is 12.5. The minimum atomic E-state index is 0.134. The van der Waals surface area contributed by atoms with Crippen LogP contribution in [0.25, 0.3) is 10.2 Å². The molecular weight excluding hydrogens is 366 g/mol. The van der Waals surface area contributed by atoms with Gasteiger partial charge in [-0.2, -0.15) is 0 Å². The van der Waals surface area contributed by atoms with Gasteiger partial charge in [-0.1, -0.05) is 57.2 Å². The molecule has 1 atom stereocenters. The van der Waals surface area contributed by atoms with Gasteiger partial charge in [-0.05, 0) is 24.1 Å². The van der Waals surface area contributed by atoms with Gasteiger partial charge in [0.15, 0.2) is 6.54 Å². The second-order valence-electron chi connectivity index (χ2n) is 7.63. The lowest BCUT2D eigenvalue weighted by Gasteiger charge is -2.21. The first-order valence-corrected chi connectivity index (χ1v) is 10.8. The Bertz CT molecular complexity index is 884. The molecule has 0 aliphatic heterocycles. The molecule has 0 fully saturated rings. The number of amides is 1. The maximum atomic E-state index is 12.7. The van der Waals surface area contributed by atoms with Crippen LogP contribution in [0.1, 0.15) is 42.9 Å². The highest BCUT2D eigenvalue weighted by Crippen LogP contribution is 2.22. The van der Waals surface area contributed by atoms with Crippen molar-refractivity contribution in [3.8, 4) is 0 Å². The summed E-state index contributed by atoms with van der Waals surface area (Å²) in [5, 5.41) is 3.15. The van der Waals surface area contributed by atoms with Crippen molar-refractivity contribution in [2.45, 2.75) is 39.8 Å². The molecule has 5 heteroatoms. The van der Waals surface area contributed by atoms with Crippen molar-refractivity contribution in [2.75, 3.05) is 13.6 Å². The van der Waals surface area contributed by atoms with Gasteiger partial charge in [0.25, 0.3) is 5.91 Å². The summed E-state index contributed by atoms with van der Waals surface area (Å²) in [6, 6.07) is 17.2. The van der Waals surface area contributed by atoms with Crippen LogP contribution < -0.4 is 5.32 Å². The number of fused-ring (bicyclic) bond motifs is 1. The SMILES string of the molecule is CCc1ccc([C@H]([NH2+]CC(=O)N(C)Cc2nc3ccccc3s2)C(C)C)cc1. The number of aromatic nitrogens is 1. The standard InChI is InChI=1S/C23H29N3OS/c1-5-17-10-12-18(13-11-17)23(16(2)3)24-14-22(27)26(4)15-21-25-19-8-6-7-9-20(19)28-21/h6-13,16,23-24H,5,14-15H2,1-4H3/p+1/t23-/m1/s1. The number of nitrogens with zero attached hydrogens (tertiary/aromatic N) is 2. The van der Waals surface area contributed by atoms with Crippen LogP contribution in [0, 0.1) is 5.92 Å². The van der Waals surface area contributed by atoms with Crippen molar-refractivity contribution in [3.63, 3.8) is 0 Å². The van der Waals surface area contributed by atoms with Crippen LogP contribution in [0.5, 0.6) is 0 Å². The Labute approximate surface area is 171 Å². The molecule has 0 bridgehead atoms. The number of likely N-dealkylation sites (N-methyl/N-ethyl adjacent to an activating group) is 1. The maximum Gasteiger partial charge on any atom is 0.277 e. The number of para-hydroxylation sites is 1. The summed E-state index contributed by atoms with van der Waals surface area (Å²) in [7, 11) is 1.86. The van der Waals surface area contributed by atoms with Crippen molar-refractivity contribution in [2.24, 2.45) is 5.92 Å². The fourth-order valence-corrected chi connectivity index (χ4v) is 4.45. The molecule has 28 heavy (non-hydrogen) atoms. The maximum absolute atomic E-state index is 12.7. The number of hydrogen-bond acceptors (Lipinski definition) is 3. The van der Waals surface area contributed by atoms with Crippen LogP contribution in [0.3, 0.4) is 0 Å². The molecule has 2 aromatic carbocycles. The van der Waals surface area contributed by atoms with Gasteiger partial charge in [0, 0.05) is 18.5 Å². The highest BCUT2D eigenvalue weighted by Gasteiger charge is 2.22. The average molecular weight is 397 g/mol. The number of hydrogen-bond donors (Lipinski definition) is 1. The first kappa shape index (κ1) is 20.5. The molecule has 2 N–H and O–H groups in total. The van der Waals surface area contributed by atoms with E-state index in [9.17, 15) is 4.79 Å². The molecule has 0 aliphatic rings. The minimum absolute atomic E-state index is 0.134. The fraction of sp³-hybridized carbons (Fsp3) is 0.391. The molecule has 0 unspecified atom stereocenters. The highest BCUT2D eigenvalue weighted by atomic mass is 32.1. The summed E-state index contributed by atoms with van der Waals surface area (Å²) >= 11 is 1.66. The van der Waals surface area contributed by atoms with Crippen LogP contribution in [-0.4, -0.2) is 29.4 Å². The van der Waals surface area contributed by atoms with Crippen molar-refractivity contribution in [1.29, 1.82) is 0 Å². The van der Waals surface area contributed by atoms with E-state index in [-0.39, 0.29) is 11.9 Å². The second kappa shape index (κ2) is 9.30. The number of nitrogens with two attached hydrogens (primary N) is 1. The van der Waals surface area contributed by atoms with Crippen LogP contribution in [-0.2, 0) is 17.8 Å². The minimum Gasteiger partial charge on any atom is -0.334 e. The molecule has 0 spiro atoms. The van der Waals surface area contributed by atoms with Crippen LogP contribution in [0.2, 0.25) is 0 Å². The summed E-state index contributed by atoms with van der Waals surface area (Å²) < 4.78 is 1.17. The van der Waals surface area contributed by atoms with E-state index in [2.05, 4.69) is 61.4 Å². The van der Waals surface area contributed by atoms with Crippen LogP contribution in [0.15, 0.2) is 48.5 Å². The van der Waals surface area contributed by atoms with E-state index >= 15 is 0 Å². The molecule has 0 radical (unpaired) electrons. The van der Waals surface area contributed by atoms with E-state index < -0.39 is 0 Å². The summed E-state index contributed by atoms with van der Waals surface area (Å²) in [5.74, 6) is 0.588. The Morgan fingerprint density at radius 1 is 1.14 bits per heavy atom. The van der Waals surface area contributed by atoms with Crippen LogP contribution in [0.4, 0.5) is 0 Å². The van der Waals surface area contributed by atoms with Crippen molar-refractivity contribution >= 4 is 27.5 Å². The lowest BCUT2D eigenvalue weighted by atomic mass is 9.95. The van der Waals surface area contributed by atoms with Gasteiger partial charge >= 0.3 is 0 Å². The molecular formula is C23H30N3OS+. The third-order valence-corrected chi connectivity index (χ3v) is 6.20. The molecule has 1 aromatic heterocycles. The molecule has 0 aliphatic carbocycles. The number of benzene rings is 2. The predicted molar refractivity (Wildman–Crippen MR) is 116 cm³/mol. The zero-order chi connectivity index (χ0) is 20.1. The molecule has 3 rings (SSSR count). The number of thiazole rings is 1. The number of carbonyl (C=O) groups is 1. The van der Waals surface area contributed by atoms with E-state index in [0.717, 1.165) is 16.9 Å². The van der Waals surface area contributed by atoms with Crippen molar-refractivity contribution in [1.82, 2.24) is 9.88 Å². The van der Waals surface area contributed by atoms with E-state index in [1.807, 2.05) is 25.2 Å². The fourth-order valence-electron chi connectivity index (χ4n) is 3.43. The smallest absolute Gasteiger partial charge is 0.277 e. The molecule has 0 saturated carbocycles. The third kappa shape index (κ3) is 4.97. The summed E-state index contributed by atoms with van der Waals surface area (Å²) in [6.07, 6.45) is 1.05. The van der Waals surface area contributed by atoms with Gasteiger partial charge in [0.05, 0.1) is 16.8 Å². The lowest BCUT2D eigenvalue weighted by Crippen LogP contribution is -2.88.